The van der Waals surface area contributed by atoms with E-state index in [-0.39, 0.29) is 12.5 Å². The van der Waals surface area contributed by atoms with E-state index in [0.29, 0.717) is 35.3 Å². The number of hydrogen-bond acceptors (Lipinski definition) is 8. The molecule has 0 aromatic carbocycles. The molecular weight excluding hydrogens is 453 g/mol. The molecule has 2 atom stereocenters. The zero-order chi connectivity index (χ0) is 24.6. The van der Waals surface area contributed by atoms with Crippen molar-refractivity contribution in [1.29, 1.82) is 0 Å². The molecule has 1 aliphatic heterocycles. The third-order valence-corrected chi connectivity index (χ3v) is 5.39. The van der Waals surface area contributed by atoms with Crippen molar-refractivity contribution in [2.75, 3.05) is 22.6 Å². The van der Waals surface area contributed by atoms with Crippen LogP contribution in [0.25, 0.3) is 0 Å². The topological polar surface area (TPSA) is 121 Å². The molecule has 34 heavy (non-hydrogen) atoms. The first-order valence-electron chi connectivity index (χ1n) is 10.4. The largest absolute Gasteiger partial charge is 0.433 e. The Bertz CT molecular complexity index is 1190. The highest BCUT2D eigenvalue weighted by Crippen LogP contribution is 2.33. The molecule has 0 fully saturated rings. The summed E-state index contributed by atoms with van der Waals surface area (Å²) in [6, 6.07) is 1.54. The summed E-state index contributed by atoms with van der Waals surface area (Å²) in [5.41, 5.74) is 1.52. The number of amides is 1. The van der Waals surface area contributed by atoms with Gasteiger partial charge in [0.1, 0.15) is 17.4 Å². The van der Waals surface area contributed by atoms with Crippen molar-refractivity contribution >= 4 is 23.4 Å². The Labute approximate surface area is 192 Å². The summed E-state index contributed by atoms with van der Waals surface area (Å²) in [5, 5.41) is 20.1. The molecule has 0 aliphatic carbocycles. The second kappa shape index (κ2) is 8.89. The van der Waals surface area contributed by atoms with Crippen LogP contribution in [0.1, 0.15) is 29.4 Å². The highest BCUT2D eigenvalue weighted by molar-refractivity contribution is 6.03. The number of halogens is 3. The van der Waals surface area contributed by atoms with Gasteiger partial charge in [0.25, 0.3) is 0 Å². The quantitative estimate of drug-likeness (QED) is 0.495. The second-order valence-corrected chi connectivity index (χ2v) is 8.07. The van der Waals surface area contributed by atoms with E-state index in [1.165, 1.54) is 19.2 Å². The van der Waals surface area contributed by atoms with E-state index in [4.69, 9.17) is 0 Å². The number of nitrogens with zero attached hydrogens (tertiary/aromatic N) is 6. The molecule has 10 nitrogen and oxygen atoms in total. The van der Waals surface area contributed by atoms with E-state index in [0.717, 1.165) is 11.6 Å². The highest BCUT2D eigenvalue weighted by atomic mass is 19.4. The number of anilines is 3. The summed E-state index contributed by atoms with van der Waals surface area (Å²) >= 11 is 0. The Kier molecular flexibility index (Phi) is 6.13. The zero-order valence-electron chi connectivity index (χ0n) is 18.6. The number of aliphatic hydroxyl groups excluding tert-OH is 1. The van der Waals surface area contributed by atoms with Crippen LogP contribution in [0.2, 0.25) is 0 Å². The Morgan fingerprint density at radius 2 is 2.00 bits per heavy atom. The van der Waals surface area contributed by atoms with Crippen molar-refractivity contribution in [2.45, 2.75) is 45.3 Å². The molecule has 0 spiro atoms. The van der Waals surface area contributed by atoms with Crippen LogP contribution in [0, 0.1) is 6.92 Å². The SMILES string of the molecule is Cc1nc(NCc2cnn(Cc3ccc(C(F)(F)F)nc3)c2)nc2c1NC(=O)C([C@@H](C)O)N2C. The average molecular weight is 476 g/mol. The van der Waals surface area contributed by atoms with E-state index in [2.05, 4.69) is 30.7 Å². The Morgan fingerprint density at radius 1 is 1.24 bits per heavy atom. The lowest BCUT2D eigenvalue weighted by Crippen LogP contribution is -2.52. The molecule has 4 heterocycles. The highest BCUT2D eigenvalue weighted by Gasteiger charge is 2.36. The fourth-order valence-corrected chi connectivity index (χ4v) is 3.72. The van der Waals surface area contributed by atoms with Crippen LogP contribution in [0.15, 0.2) is 30.7 Å². The third-order valence-electron chi connectivity index (χ3n) is 5.39. The molecule has 3 aromatic heterocycles. The summed E-state index contributed by atoms with van der Waals surface area (Å²) in [6.07, 6.45) is -0.799. The first-order chi connectivity index (χ1) is 16.0. The predicted octanol–water partition coefficient (Wildman–Crippen LogP) is 2.19. The van der Waals surface area contributed by atoms with Gasteiger partial charge < -0.3 is 20.6 Å². The van der Waals surface area contributed by atoms with Gasteiger partial charge in [-0.3, -0.25) is 14.5 Å². The summed E-state index contributed by atoms with van der Waals surface area (Å²) in [4.78, 5) is 26.3. The number of hydrogen-bond donors (Lipinski definition) is 3. The maximum absolute atomic E-state index is 12.7. The van der Waals surface area contributed by atoms with Crippen LogP contribution in [0.5, 0.6) is 0 Å². The second-order valence-electron chi connectivity index (χ2n) is 8.07. The Morgan fingerprint density at radius 3 is 2.65 bits per heavy atom. The molecule has 0 saturated heterocycles. The van der Waals surface area contributed by atoms with E-state index >= 15 is 0 Å². The average Bonchev–Trinajstić information content (AvgIpc) is 3.20. The van der Waals surface area contributed by atoms with Gasteiger partial charge in [-0.05, 0) is 25.5 Å². The van der Waals surface area contributed by atoms with Crippen molar-refractivity contribution in [1.82, 2.24) is 24.7 Å². The van der Waals surface area contributed by atoms with Gasteiger partial charge in [-0.2, -0.15) is 23.3 Å². The fourth-order valence-electron chi connectivity index (χ4n) is 3.72. The molecule has 13 heteroatoms. The van der Waals surface area contributed by atoms with Gasteiger partial charge >= 0.3 is 6.18 Å². The summed E-state index contributed by atoms with van der Waals surface area (Å²) in [5.74, 6) is 0.502. The minimum atomic E-state index is -4.47. The smallest absolute Gasteiger partial charge is 0.391 e. The molecule has 3 aromatic rings. The molecule has 4 rings (SSSR count). The molecular formula is C21H23F3N8O2. The van der Waals surface area contributed by atoms with Gasteiger partial charge in [0, 0.05) is 31.5 Å². The van der Waals surface area contributed by atoms with E-state index in [9.17, 15) is 23.1 Å². The van der Waals surface area contributed by atoms with Gasteiger partial charge in [-0.25, -0.2) is 4.98 Å². The maximum Gasteiger partial charge on any atom is 0.433 e. The minimum Gasteiger partial charge on any atom is -0.391 e. The van der Waals surface area contributed by atoms with Crippen molar-refractivity contribution in [3.8, 4) is 0 Å². The van der Waals surface area contributed by atoms with E-state index in [1.54, 1.807) is 35.9 Å². The molecule has 1 aliphatic rings. The number of pyridine rings is 1. The molecule has 180 valence electrons. The minimum absolute atomic E-state index is 0.269. The molecule has 0 bridgehead atoms. The van der Waals surface area contributed by atoms with Crippen LogP contribution in [-0.4, -0.2) is 54.9 Å². The summed E-state index contributed by atoms with van der Waals surface area (Å²) < 4.78 is 39.6. The van der Waals surface area contributed by atoms with Gasteiger partial charge in [0.2, 0.25) is 11.9 Å². The maximum atomic E-state index is 12.7. The van der Waals surface area contributed by atoms with Crippen LogP contribution < -0.4 is 15.5 Å². The van der Waals surface area contributed by atoms with Crippen molar-refractivity contribution in [3.63, 3.8) is 0 Å². The summed E-state index contributed by atoms with van der Waals surface area (Å²) in [6.45, 7) is 3.90. The normalized spacial score (nSPS) is 16.7. The van der Waals surface area contributed by atoms with Crippen LogP contribution in [-0.2, 0) is 24.1 Å². The number of aliphatic hydroxyl groups is 1. The lowest BCUT2D eigenvalue weighted by molar-refractivity contribution is -0.141. The predicted molar refractivity (Wildman–Crippen MR) is 117 cm³/mol. The number of rotatable bonds is 6. The van der Waals surface area contributed by atoms with E-state index < -0.39 is 24.0 Å². The number of likely N-dealkylation sites (N-methyl/N-ethyl adjacent to an activating group) is 1. The van der Waals surface area contributed by atoms with Gasteiger partial charge in [0.05, 0.1) is 24.5 Å². The molecule has 1 unspecified atom stereocenters. The first kappa shape index (κ1) is 23.4. The summed E-state index contributed by atoms with van der Waals surface area (Å²) in [7, 11) is 1.69. The third kappa shape index (κ3) is 4.78. The Balaban J connectivity index is 1.43. The number of carbonyl (C=O) groups excluding carboxylic acids is 1. The lowest BCUT2D eigenvalue weighted by atomic mass is 10.1. The van der Waals surface area contributed by atoms with Crippen molar-refractivity contribution in [2.24, 2.45) is 0 Å². The lowest BCUT2D eigenvalue weighted by Gasteiger charge is -2.36. The van der Waals surface area contributed by atoms with Gasteiger partial charge in [0.15, 0.2) is 5.82 Å². The first-order valence-corrected chi connectivity index (χ1v) is 10.4. The molecule has 0 radical (unpaired) electrons. The molecule has 0 saturated carbocycles. The van der Waals surface area contributed by atoms with Gasteiger partial charge in [-0.15, -0.1) is 0 Å². The van der Waals surface area contributed by atoms with E-state index in [1.807, 2.05) is 0 Å². The zero-order valence-corrected chi connectivity index (χ0v) is 18.6. The Hall–Kier alpha value is -3.74. The van der Waals surface area contributed by atoms with Crippen LogP contribution >= 0.6 is 0 Å². The van der Waals surface area contributed by atoms with Crippen molar-refractivity contribution in [3.05, 3.63) is 53.2 Å². The fraction of sp³-hybridized carbons (Fsp3) is 0.381. The molecule has 3 N–H and O–H groups in total. The monoisotopic (exact) mass is 476 g/mol. The number of fused-ring (bicyclic) bond motifs is 1. The number of aromatic nitrogens is 5. The van der Waals surface area contributed by atoms with Crippen LogP contribution in [0.4, 0.5) is 30.6 Å². The van der Waals surface area contributed by atoms with Crippen LogP contribution in [0.3, 0.4) is 0 Å². The standard InChI is InChI=1S/C21H23F3N8O2/c1-11-16-18(31(3)17(12(2)33)19(34)29-16)30-20(28-11)26-7-14-8-27-32(10-14)9-13-4-5-15(25-6-13)21(22,23)24/h4-6,8,10,12,17,33H,7,9H2,1-3H3,(H,29,34)(H,26,28,30)/t12-,17?/m1/s1. The number of alkyl halides is 3. The van der Waals surface area contributed by atoms with Gasteiger partial charge in [-0.1, -0.05) is 6.07 Å². The number of aryl methyl sites for hydroxylation is 1. The number of carbonyl (C=O) groups is 1. The van der Waals surface area contributed by atoms with Crippen molar-refractivity contribution < 1.29 is 23.1 Å². The number of nitrogens with one attached hydrogen (secondary N) is 2. The molecule has 1 amide bonds.